The van der Waals surface area contributed by atoms with Gasteiger partial charge in [0.1, 0.15) is 11.8 Å². The molecule has 36 heavy (non-hydrogen) atoms. The molecule has 2 aromatic rings. The monoisotopic (exact) mass is 515 g/mol. The Morgan fingerprint density at radius 1 is 1.00 bits per heavy atom. The summed E-state index contributed by atoms with van der Waals surface area (Å²) < 4.78 is 43.4. The van der Waals surface area contributed by atoms with E-state index in [1.54, 1.807) is 30.3 Å². The number of methoxy groups -OCH3 is 1. The van der Waals surface area contributed by atoms with E-state index in [1.165, 1.54) is 23.5 Å². The first kappa shape index (κ1) is 24.4. The standard InChI is InChI=1S/C25H29N3O7S/c1-33-19-5-7-20(8-6-19)36(31,32)28-12-10-16(11-13-28)23(25(30)26-18-3-4-18)27-24(29)17-2-9-21-22(14-17)35-15-34-21/h2,5-9,14,16,18,23H,3-4,10-13,15H2,1H3,(H,26,30)(H,27,29). The number of hydrogen-bond donors (Lipinski definition) is 2. The Bertz CT molecular complexity index is 1240. The number of benzene rings is 2. The summed E-state index contributed by atoms with van der Waals surface area (Å²) in [4.78, 5) is 26.3. The van der Waals surface area contributed by atoms with Crippen LogP contribution in [0.1, 0.15) is 36.0 Å². The van der Waals surface area contributed by atoms with Gasteiger partial charge in [0.05, 0.1) is 12.0 Å². The molecule has 2 aromatic carbocycles. The predicted octanol–water partition coefficient (Wildman–Crippen LogP) is 1.90. The number of carbonyl (C=O) groups excluding carboxylic acids is 2. The molecule has 1 aliphatic carbocycles. The Morgan fingerprint density at radius 2 is 1.69 bits per heavy atom. The van der Waals surface area contributed by atoms with Crippen molar-refractivity contribution in [3.8, 4) is 17.2 Å². The number of amides is 2. The van der Waals surface area contributed by atoms with Crippen LogP contribution in [0.3, 0.4) is 0 Å². The van der Waals surface area contributed by atoms with Crippen molar-refractivity contribution < 1.29 is 32.2 Å². The maximum absolute atomic E-state index is 13.1. The lowest BCUT2D eigenvalue weighted by atomic mass is 9.89. The summed E-state index contributed by atoms with van der Waals surface area (Å²) in [7, 11) is -2.15. The summed E-state index contributed by atoms with van der Waals surface area (Å²) in [5, 5.41) is 5.88. The molecule has 1 saturated heterocycles. The van der Waals surface area contributed by atoms with Crippen LogP contribution in [0.2, 0.25) is 0 Å². The summed E-state index contributed by atoms with van der Waals surface area (Å²) in [5.74, 6) is 0.804. The van der Waals surface area contributed by atoms with Crippen LogP contribution in [-0.2, 0) is 14.8 Å². The van der Waals surface area contributed by atoms with Crippen molar-refractivity contribution in [3.05, 3.63) is 48.0 Å². The van der Waals surface area contributed by atoms with E-state index in [-0.39, 0.29) is 42.6 Å². The van der Waals surface area contributed by atoms with Crippen molar-refractivity contribution in [1.29, 1.82) is 0 Å². The normalized spacial score (nSPS) is 18.9. The highest BCUT2D eigenvalue weighted by Crippen LogP contribution is 2.33. The highest BCUT2D eigenvalue weighted by molar-refractivity contribution is 7.89. The zero-order valence-corrected chi connectivity index (χ0v) is 20.8. The second-order valence-electron chi connectivity index (χ2n) is 9.22. The fourth-order valence-corrected chi connectivity index (χ4v) is 5.99. The van der Waals surface area contributed by atoms with Crippen LogP contribution in [0.4, 0.5) is 0 Å². The number of hydrogen-bond acceptors (Lipinski definition) is 7. The average molecular weight is 516 g/mol. The maximum atomic E-state index is 13.1. The molecule has 1 atom stereocenters. The quantitative estimate of drug-likeness (QED) is 0.550. The van der Waals surface area contributed by atoms with Gasteiger partial charge in [0, 0.05) is 24.7 Å². The lowest BCUT2D eigenvalue weighted by molar-refractivity contribution is -0.124. The first-order valence-electron chi connectivity index (χ1n) is 12.0. The number of fused-ring (bicyclic) bond motifs is 1. The molecule has 2 aliphatic heterocycles. The third-order valence-corrected chi connectivity index (χ3v) is 8.71. The number of carbonyl (C=O) groups is 2. The molecule has 0 radical (unpaired) electrons. The number of ether oxygens (including phenoxy) is 3. The van der Waals surface area contributed by atoms with E-state index in [1.807, 2.05) is 0 Å². The molecule has 192 valence electrons. The second kappa shape index (κ2) is 9.98. The van der Waals surface area contributed by atoms with Crippen molar-refractivity contribution in [2.75, 3.05) is 27.0 Å². The molecule has 2 heterocycles. The Hall–Kier alpha value is -3.31. The summed E-state index contributed by atoms with van der Waals surface area (Å²) in [6.45, 7) is 0.614. The van der Waals surface area contributed by atoms with Crippen molar-refractivity contribution in [2.24, 2.45) is 5.92 Å². The summed E-state index contributed by atoms with van der Waals surface area (Å²) >= 11 is 0. The molecule has 11 heteroatoms. The minimum absolute atomic E-state index is 0.102. The third kappa shape index (κ3) is 5.12. The van der Waals surface area contributed by atoms with Crippen LogP contribution in [0, 0.1) is 5.92 Å². The van der Waals surface area contributed by atoms with E-state index in [9.17, 15) is 18.0 Å². The van der Waals surface area contributed by atoms with Gasteiger partial charge in [-0.15, -0.1) is 0 Å². The number of nitrogens with one attached hydrogen (secondary N) is 2. The van der Waals surface area contributed by atoms with Gasteiger partial charge in [0.15, 0.2) is 11.5 Å². The van der Waals surface area contributed by atoms with Crippen molar-refractivity contribution in [1.82, 2.24) is 14.9 Å². The SMILES string of the molecule is COc1ccc(S(=O)(=O)N2CCC(C(NC(=O)c3ccc4c(c3)OCO4)C(=O)NC3CC3)CC2)cc1. The molecular weight excluding hydrogens is 486 g/mol. The molecule has 2 fully saturated rings. The van der Waals surface area contributed by atoms with E-state index < -0.39 is 22.0 Å². The van der Waals surface area contributed by atoms with Crippen LogP contribution in [0.15, 0.2) is 47.4 Å². The summed E-state index contributed by atoms with van der Waals surface area (Å²) in [6.07, 6.45) is 2.74. The molecule has 2 amide bonds. The minimum atomic E-state index is -3.67. The Labute approximate surface area is 209 Å². The highest BCUT2D eigenvalue weighted by Gasteiger charge is 2.38. The zero-order chi connectivity index (χ0) is 25.3. The van der Waals surface area contributed by atoms with Crippen molar-refractivity contribution in [3.63, 3.8) is 0 Å². The molecule has 3 aliphatic rings. The van der Waals surface area contributed by atoms with Gasteiger partial charge < -0.3 is 24.8 Å². The average Bonchev–Trinajstić information content (AvgIpc) is 3.59. The number of sulfonamides is 1. The molecule has 2 N–H and O–H groups in total. The number of piperidine rings is 1. The highest BCUT2D eigenvalue weighted by atomic mass is 32.2. The van der Waals surface area contributed by atoms with Gasteiger partial charge in [-0.1, -0.05) is 0 Å². The van der Waals surface area contributed by atoms with Crippen LogP contribution < -0.4 is 24.8 Å². The van der Waals surface area contributed by atoms with Crippen LogP contribution >= 0.6 is 0 Å². The van der Waals surface area contributed by atoms with Crippen LogP contribution in [0.25, 0.3) is 0 Å². The van der Waals surface area contributed by atoms with Crippen molar-refractivity contribution >= 4 is 21.8 Å². The number of rotatable bonds is 8. The molecule has 10 nitrogen and oxygen atoms in total. The van der Waals surface area contributed by atoms with Gasteiger partial charge in [-0.25, -0.2) is 8.42 Å². The van der Waals surface area contributed by atoms with Gasteiger partial charge in [0.2, 0.25) is 22.7 Å². The topological polar surface area (TPSA) is 123 Å². The second-order valence-corrected chi connectivity index (χ2v) is 11.2. The van der Waals surface area contributed by atoms with Gasteiger partial charge >= 0.3 is 0 Å². The largest absolute Gasteiger partial charge is 0.497 e. The maximum Gasteiger partial charge on any atom is 0.252 e. The Kier molecular flexibility index (Phi) is 6.76. The lowest BCUT2D eigenvalue weighted by Gasteiger charge is -2.35. The van der Waals surface area contributed by atoms with Gasteiger partial charge in [0.25, 0.3) is 5.91 Å². The Balaban J connectivity index is 1.27. The van der Waals surface area contributed by atoms with Crippen LogP contribution in [0.5, 0.6) is 17.2 Å². The molecule has 1 unspecified atom stereocenters. The van der Waals surface area contributed by atoms with E-state index >= 15 is 0 Å². The smallest absolute Gasteiger partial charge is 0.252 e. The molecule has 0 bridgehead atoms. The Morgan fingerprint density at radius 3 is 2.36 bits per heavy atom. The van der Waals surface area contributed by atoms with E-state index in [4.69, 9.17) is 14.2 Å². The lowest BCUT2D eigenvalue weighted by Crippen LogP contribution is -2.54. The fourth-order valence-electron chi connectivity index (χ4n) is 4.52. The minimum Gasteiger partial charge on any atom is -0.497 e. The summed E-state index contributed by atoms with van der Waals surface area (Å²) in [6, 6.07) is 10.5. The summed E-state index contributed by atoms with van der Waals surface area (Å²) in [5.41, 5.74) is 0.364. The first-order chi connectivity index (χ1) is 17.3. The van der Waals surface area contributed by atoms with E-state index in [2.05, 4.69) is 10.6 Å². The van der Waals surface area contributed by atoms with Gasteiger partial charge in [-0.2, -0.15) is 4.31 Å². The third-order valence-electron chi connectivity index (χ3n) is 6.79. The zero-order valence-electron chi connectivity index (χ0n) is 19.9. The van der Waals surface area contributed by atoms with Gasteiger partial charge in [-0.3, -0.25) is 9.59 Å². The van der Waals surface area contributed by atoms with E-state index in [0.717, 1.165) is 12.8 Å². The predicted molar refractivity (Wildman–Crippen MR) is 129 cm³/mol. The van der Waals surface area contributed by atoms with Crippen molar-refractivity contribution in [2.45, 2.75) is 42.7 Å². The van der Waals surface area contributed by atoms with E-state index in [0.29, 0.717) is 35.7 Å². The van der Waals surface area contributed by atoms with Gasteiger partial charge in [-0.05, 0) is 74.1 Å². The molecular formula is C25H29N3O7S. The molecule has 1 saturated carbocycles. The van der Waals surface area contributed by atoms with Crippen LogP contribution in [-0.4, -0.2) is 63.6 Å². The fraction of sp³-hybridized carbons (Fsp3) is 0.440. The first-order valence-corrected chi connectivity index (χ1v) is 13.4. The molecule has 5 rings (SSSR count). The molecule has 0 aromatic heterocycles. The number of nitrogens with zero attached hydrogens (tertiary/aromatic N) is 1. The molecule has 0 spiro atoms.